The third kappa shape index (κ3) is 8.43. The topological polar surface area (TPSA) is 86.8 Å². The quantitative estimate of drug-likeness (QED) is 0.177. The molecular formula is C38H45N3O4S. The van der Waals surface area contributed by atoms with Crippen molar-refractivity contribution in [2.75, 3.05) is 10.8 Å². The molecule has 0 aromatic heterocycles. The average Bonchev–Trinajstić information content (AvgIpc) is 3.04. The van der Waals surface area contributed by atoms with E-state index in [1.54, 1.807) is 41.3 Å². The molecule has 0 heterocycles. The molecule has 0 unspecified atom stereocenters. The van der Waals surface area contributed by atoms with Crippen molar-refractivity contribution in [3.63, 3.8) is 0 Å². The Labute approximate surface area is 274 Å². The Morgan fingerprint density at radius 2 is 1.43 bits per heavy atom. The number of amides is 2. The maximum Gasteiger partial charge on any atom is 0.264 e. The summed E-state index contributed by atoms with van der Waals surface area (Å²) in [6.07, 6.45) is 1.000. The summed E-state index contributed by atoms with van der Waals surface area (Å²) in [5.74, 6) is -0.753. The predicted octanol–water partition coefficient (Wildman–Crippen LogP) is 6.67. The first-order valence-corrected chi connectivity index (χ1v) is 17.2. The molecule has 2 atom stereocenters. The Balaban J connectivity index is 1.83. The first-order valence-electron chi connectivity index (χ1n) is 15.8. The molecule has 8 heteroatoms. The van der Waals surface area contributed by atoms with Gasteiger partial charge in [0.25, 0.3) is 10.0 Å². The molecule has 7 nitrogen and oxygen atoms in total. The minimum Gasteiger partial charge on any atom is -0.352 e. The maximum absolute atomic E-state index is 14.7. The first kappa shape index (κ1) is 34.4. The summed E-state index contributed by atoms with van der Waals surface area (Å²) in [5.41, 5.74) is 5.97. The van der Waals surface area contributed by atoms with Gasteiger partial charge in [0, 0.05) is 19.0 Å². The van der Waals surface area contributed by atoms with Crippen LogP contribution in [0.25, 0.3) is 0 Å². The summed E-state index contributed by atoms with van der Waals surface area (Å²) in [6.45, 7) is 11.3. The Morgan fingerprint density at radius 1 is 0.783 bits per heavy atom. The fourth-order valence-electron chi connectivity index (χ4n) is 5.21. The number of carbonyl (C=O) groups is 2. The lowest BCUT2D eigenvalue weighted by Gasteiger charge is -2.34. The second-order valence-corrected chi connectivity index (χ2v) is 13.9. The van der Waals surface area contributed by atoms with E-state index in [1.165, 1.54) is 4.31 Å². The van der Waals surface area contributed by atoms with Crippen molar-refractivity contribution in [1.29, 1.82) is 0 Å². The highest BCUT2D eigenvalue weighted by atomic mass is 32.2. The predicted molar refractivity (Wildman–Crippen MR) is 185 cm³/mol. The van der Waals surface area contributed by atoms with Crippen LogP contribution >= 0.6 is 0 Å². The summed E-state index contributed by atoms with van der Waals surface area (Å²) in [7, 11) is -4.15. The normalized spacial score (nSPS) is 12.7. The summed E-state index contributed by atoms with van der Waals surface area (Å²) in [4.78, 5) is 30.3. The average molecular weight is 640 g/mol. The molecule has 0 bridgehead atoms. The number of sulfonamides is 1. The summed E-state index contributed by atoms with van der Waals surface area (Å²) in [6, 6.07) is 28.3. The van der Waals surface area contributed by atoms with Gasteiger partial charge in [-0.05, 0) is 93.1 Å². The molecule has 0 saturated heterocycles. The van der Waals surface area contributed by atoms with Crippen LogP contribution < -0.4 is 9.62 Å². The zero-order chi connectivity index (χ0) is 33.4. The van der Waals surface area contributed by atoms with Crippen LogP contribution in [0.4, 0.5) is 5.69 Å². The van der Waals surface area contributed by atoms with E-state index in [4.69, 9.17) is 0 Å². The summed E-state index contributed by atoms with van der Waals surface area (Å²) >= 11 is 0. The van der Waals surface area contributed by atoms with E-state index in [1.807, 2.05) is 102 Å². The summed E-state index contributed by atoms with van der Waals surface area (Å²) in [5, 5.41) is 3.08. The van der Waals surface area contributed by atoms with Crippen LogP contribution in [0.15, 0.2) is 102 Å². The van der Waals surface area contributed by atoms with Gasteiger partial charge in [0.1, 0.15) is 12.6 Å². The van der Waals surface area contributed by atoms with Crippen LogP contribution in [-0.2, 0) is 32.6 Å². The molecule has 0 fully saturated rings. The van der Waals surface area contributed by atoms with Crippen molar-refractivity contribution in [2.45, 2.75) is 77.9 Å². The zero-order valence-corrected chi connectivity index (χ0v) is 28.5. The lowest BCUT2D eigenvalue weighted by molar-refractivity contribution is -0.140. The monoisotopic (exact) mass is 639 g/mol. The molecule has 0 radical (unpaired) electrons. The van der Waals surface area contributed by atoms with Crippen molar-refractivity contribution in [1.82, 2.24) is 10.2 Å². The fourth-order valence-corrected chi connectivity index (χ4v) is 6.62. The van der Waals surface area contributed by atoms with Gasteiger partial charge in [-0.2, -0.15) is 0 Å². The van der Waals surface area contributed by atoms with Gasteiger partial charge in [-0.3, -0.25) is 13.9 Å². The third-order valence-electron chi connectivity index (χ3n) is 8.54. The molecule has 4 aromatic carbocycles. The molecule has 4 rings (SSSR count). The van der Waals surface area contributed by atoms with Crippen LogP contribution in [0.2, 0.25) is 0 Å². The van der Waals surface area contributed by atoms with E-state index >= 15 is 0 Å². The second kappa shape index (κ2) is 15.2. The Hall–Kier alpha value is -4.43. The largest absolute Gasteiger partial charge is 0.352 e. The molecule has 2 amide bonds. The Morgan fingerprint density at radius 3 is 2.07 bits per heavy atom. The molecule has 1 N–H and O–H groups in total. The molecular weight excluding hydrogens is 595 g/mol. The number of hydrogen-bond donors (Lipinski definition) is 1. The molecule has 0 saturated carbocycles. The van der Waals surface area contributed by atoms with Gasteiger partial charge in [-0.25, -0.2) is 8.42 Å². The van der Waals surface area contributed by atoms with Gasteiger partial charge in [-0.1, -0.05) is 85.3 Å². The standard InChI is InChI=1S/C38H45N3O4S/c1-7-31(6)39-38(43)36(24-32-14-9-8-10-15-32)40(25-33-16-12-11-13-29(33)4)37(42)26-41(34-20-19-28(3)30(5)23-34)46(44,45)35-21-17-27(2)18-22-35/h8-23,31,36H,7,24-26H2,1-6H3,(H,39,43)/t31-,36+/m1/s1. The molecule has 46 heavy (non-hydrogen) atoms. The number of nitrogens with zero attached hydrogens (tertiary/aromatic N) is 2. The minimum atomic E-state index is -4.15. The van der Waals surface area contributed by atoms with Gasteiger partial charge < -0.3 is 10.2 Å². The molecule has 0 aliphatic heterocycles. The Bertz CT molecular complexity index is 1750. The van der Waals surface area contributed by atoms with Crippen molar-refractivity contribution >= 4 is 27.5 Å². The highest BCUT2D eigenvalue weighted by Crippen LogP contribution is 2.27. The molecule has 242 valence electrons. The van der Waals surface area contributed by atoms with Crippen LogP contribution in [0.1, 0.15) is 53.6 Å². The van der Waals surface area contributed by atoms with Crippen molar-refractivity contribution in [2.24, 2.45) is 0 Å². The number of aryl methyl sites for hydroxylation is 4. The number of benzene rings is 4. The number of nitrogens with one attached hydrogen (secondary N) is 1. The third-order valence-corrected chi connectivity index (χ3v) is 10.3. The van der Waals surface area contributed by atoms with E-state index in [2.05, 4.69) is 5.32 Å². The lowest BCUT2D eigenvalue weighted by atomic mass is 10.0. The number of anilines is 1. The number of carbonyl (C=O) groups excluding carboxylic acids is 2. The van der Waals surface area contributed by atoms with Gasteiger partial charge >= 0.3 is 0 Å². The first-order chi connectivity index (χ1) is 21.9. The Kier molecular flexibility index (Phi) is 11.4. The van der Waals surface area contributed by atoms with Crippen molar-refractivity contribution in [3.8, 4) is 0 Å². The van der Waals surface area contributed by atoms with E-state index in [0.29, 0.717) is 5.69 Å². The van der Waals surface area contributed by atoms with Gasteiger partial charge in [0.05, 0.1) is 10.6 Å². The second-order valence-electron chi connectivity index (χ2n) is 12.1. The van der Waals surface area contributed by atoms with E-state index in [0.717, 1.165) is 39.8 Å². The van der Waals surface area contributed by atoms with Crippen LogP contribution in [-0.4, -0.2) is 43.8 Å². The van der Waals surface area contributed by atoms with E-state index in [9.17, 15) is 18.0 Å². The maximum atomic E-state index is 14.7. The van der Waals surface area contributed by atoms with Gasteiger partial charge in [0.2, 0.25) is 11.8 Å². The molecule has 0 aliphatic rings. The summed E-state index contributed by atoms with van der Waals surface area (Å²) < 4.78 is 29.7. The van der Waals surface area contributed by atoms with Crippen molar-refractivity contribution < 1.29 is 18.0 Å². The molecule has 0 aliphatic carbocycles. The van der Waals surface area contributed by atoms with E-state index in [-0.39, 0.29) is 29.8 Å². The zero-order valence-electron chi connectivity index (χ0n) is 27.7. The smallest absolute Gasteiger partial charge is 0.264 e. The highest BCUT2D eigenvalue weighted by molar-refractivity contribution is 7.92. The molecule has 4 aromatic rings. The van der Waals surface area contributed by atoms with Crippen LogP contribution in [0, 0.1) is 27.7 Å². The number of rotatable bonds is 13. The minimum absolute atomic E-state index is 0.0879. The number of hydrogen-bond acceptors (Lipinski definition) is 4. The van der Waals surface area contributed by atoms with Gasteiger partial charge in [0.15, 0.2) is 0 Å². The van der Waals surface area contributed by atoms with Crippen molar-refractivity contribution in [3.05, 3.63) is 130 Å². The lowest BCUT2D eigenvalue weighted by Crippen LogP contribution is -2.54. The SMILES string of the molecule is CC[C@@H](C)NC(=O)[C@H](Cc1ccccc1)N(Cc1ccccc1C)C(=O)CN(c1ccc(C)c(C)c1)S(=O)(=O)c1ccc(C)cc1. The van der Waals surface area contributed by atoms with Crippen LogP contribution in [0.5, 0.6) is 0 Å². The van der Waals surface area contributed by atoms with Gasteiger partial charge in [-0.15, -0.1) is 0 Å². The highest BCUT2D eigenvalue weighted by Gasteiger charge is 2.35. The fraction of sp³-hybridized carbons (Fsp3) is 0.316. The van der Waals surface area contributed by atoms with E-state index < -0.39 is 28.5 Å². The van der Waals surface area contributed by atoms with Crippen LogP contribution in [0.3, 0.4) is 0 Å². The molecule has 0 spiro atoms.